The lowest BCUT2D eigenvalue weighted by atomic mass is 9.97. The minimum atomic E-state index is -4.17. The van der Waals surface area contributed by atoms with Gasteiger partial charge in [-0.15, -0.1) is 0 Å². The third-order valence-corrected chi connectivity index (χ3v) is 9.35. The van der Waals surface area contributed by atoms with Gasteiger partial charge in [0.1, 0.15) is 22.8 Å². The molecule has 0 aliphatic carbocycles. The third-order valence-electron chi connectivity index (χ3n) is 6.60. The largest absolute Gasteiger partial charge is 0.504 e. The molecule has 0 aromatic heterocycles. The summed E-state index contributed by atoms with van der Waals surface area (Å²) in [6.07, 6.45) is -2.43. The van der Waals surface area contributed by atoms with Crippen molar-refractivity contribution in [1.82, 2.24) is 15.8 Å². The van der Waals surface area contributed by atoms with Crippen molar-refractivity contribution < 1.29 is 52.4 Å². The SMILES string of the molecule is C[C@H]1OC(c2cccc(O)c2O)=N[C@@H]1CC(=O)NNC(=O)OC[C@@]1(C)[C@H](C(=O)O)N2C(=O)C[C@H]2S1(=O)=O. The Morgan fingerprint density at radius 3 is 2.62 bits per heavy atom. The zero-order valence-corrected chi connectivity index (χ0v) is 20.4. The Morgan fingerprint density at radius 1 is 1.27 bits per heavy atom. The lowest BCUT2D eigenvalue weighted by molar-refractivity contribution is -0.158. The number of para-hydroxylation sites is 1. The highest BCUT2D eigenvalue weighted by molar-refractivity contribution is 7.94. The number of aliphatic imine (C=N–C) groups is 1. The molecular weight excluding hydrogens is 516 g/mol. The number of amides is 3. The van der Waals surface area contributed by atoms with Gasteiger partial charge in [-0.1, -0.05) is 6.07 Å². The first-order valence-corrected chi connectivity index (χ1v) is 12.6. The van der Waals surface area contributed by atoms with Gasteiger partial charge < -0.3 is 29.7 Å². The number of benzene rings is 1. The van der Waals surface area contributed by atoms with E-state index >= 15 is 0 Å². The lowest BCUT2D eigenvalue weighted by Gasteiger charge is -2.35. The van der Waals surface area contributed by atoms with E-state index in [1.807, 2.05) is 5.43 Å². The van der Waals surface area contributed by atoms with Crippen LogP contribution in [0.3, 0.4) is 0 Å². The van der Waals surface area contributed by atoms with Crippen LogP contribution < -0.4 is 10.9 Å². The number of phenolic OH excluding ortho intramolecular Hbond substituents is 2. The molecule has 0 saturated carbocycles. The molecule has 3 aliphatic rings. The van der Waals surface area contributed by atoms with Crippen molar-refractivity contribution in [2.75, 3.05) is 6.61 Å². The van der Waals surface area contributed by atoms with E-state index in [9.17, 15) is 42.9 Å². The second-order valence-electron chi connectivity index (χ2n) is 9.01. The van der Waals surface area contributed by atoms with Crippen LogP contribution in [-0.2, 0) is 33.7 Å². The first kappa shape index (κ1) is 26.0. The minimum absolute atomic E-state index is 0.0215. The van der Waals surface area contributed by atoms with Crippen LogP contribution >= 0.6 is 0 Å². The number of carboxylic acids is 1. The van der Waals surface area contributed by atoms with Crippen LogP contribution in [0.1, 0.15) is 32.3 Å². The maximum Gasteiger partial charge on any atom is 0.426 e. The van der Waals surface area contributed by atoms with Crippen LogP contribution in [0, 0.1) is 0 Å². The van der Waals surface area contributed by atoms with E-state index in [0.29, 0.717) is 0 Å². The van der Waals surface area contributed by atoms with Crippen LogP contribution in [0.5, 0.6) is 11.5 Å². The van der Waals surface area contributed by atoms with E-state index in [1.54, 1.807) is 6.92 Å². The number of nitrogens with zero attached hydrogens (tertiary/aromatic N) is 2. The number of phenols is 2. The van der Waals surface area contributed by atoms with Gasteiger partial charge in [-0.2, -0.15) is 0 Å². The van der Waals surface area contributed by atoms with Gasteiger partial charge in [-0.05, 0) is 26.0 Å². The molecule has 37 heavy (non-hydrogen) atoms. The van der Waals surface area contributed by atoms with E-state index in [-0.39, 0.29) is 30.1 Å². The lowest BCUT2D eigenvalue weighted by Crippen LogP contribution is -2.58. The summed E-state index contributed by atoms with van der Waals surface area (Å²) in [7, 11) is -4.17. The van der Waals surface area contributed by atoms with Crippen molar-refractivity contribution in [3.63, 3.8) is 0 Å². The number of sulfone groups is 1. The molecule has 5 atom stereocenters. The Kier molecular flexibility index (Phi) is 6.39. The van der Waals surface area contributed by atoms with Crippen LogP contribution in [0.2, 0.25) is 0 Å². The second-order valence-corrected chi connectivity index (χ2v) is 11.6. The van der Waals surface area contributed by atoms with E-state index in [2.05, 4.69) is 10.4 Å². The number of hydrogen-bond acceptors (Lipinski definition) is 11. The zero-order valence-electron chi connectivity index (χ0n) is 19.6. The third kappa shape index (κ3) is 4.26. The maximum atomic E-state index is 12.8. The predicted octanol–water partition coefficient (Wildman–Crippen LogP) is -1.02. The van der Waals surface area contributed by atoms with Gasteiger partial charge in [0.15, 0.2) is 27.4 Å². The fraction of sp³-hybridized carbons (Fsp3) is 0.476. The zero-order chi connectivity index (χ0) is 27.3. The predicted molar refractivity (Wildman–Crippen MR) is 122 cm³/mol. The highest BCUT2D eigenvalue weighted by Gasteiger charge is 2.70. The number of hydrazine groups is 1. The number of rotatable bonds is 6. The number of fused-ring (bicyclic) bond motifs is 1. The van der Waals surface area contributed by atoms with E-state index in [1.165, 1.54) is 18.2 Å². The van der Waals surface area contributed by atoms with Crippen molar-refractivity contribution >= 4 is 39.6 Å². The Morgan fingerprint density at radius 2 is 1.97 bits per heavy atom. The summed E-state index contributed by atoms with van der Waals surface area (Å²) in [5, 5.41) is 27.9. The summed E-state index contributed by atoms with van der Waals surface area (Å²) in [5.74, 6) is -3.66. The van der Waals surface area contributed by atoms with Crippen molar-refractivity contribution in [1.29, 1.82) is 0 Å². The summed E-state index contributed by atoms with van der Waals surface area (Å²) in [5.41, 5.74) is 4.16. The molecule has 5 N–H and O–H groups in total. The number of aromatic hydroxyl groups is 2. The molecule has 4 rings (SSSR count). The van der Waals surface area contributed by atoms with Gasteiger partial charge in [0, 0.05) is 0 Å². The Hall–Kier alpha value is -4.08. The molecule has 0 unspecified atom stereocenters. The van der Waals surface area contributed by atoms with E-state index < -0.39 is 74.4 Å². The fourth-order valence-electron chi connectivity index (χ4n) is 4.47. The molecule has 3 heterocycles. The Bertz CT molecular complexity index is 1310. The highest BCUT2D eigenvalue weighted by Crippen LogP contribution is 2.46. The van der Waals surface area contributed by atoms with Gasteiger partial charge in [-0.25, -0.2) is 28.4 Å². The van der Waals surface area contributed by atoms with E-state index in [0.717, 1.165) is 11.8 Å². The maximum absolute atomic E-state index is 12.8. The number of carbonyl (C=O) groups is 4. The number of carboxylic acid groups (broad SMARTS) is 1. The molecule has 0 radical (unpaired) electrons. The monoisotopic (exact) mass is 540 g/mol. The van der Waals surface area contributed by atoms with Gasteiger partial charge in [0.25, 0.3) is 0 Å². The second kappa shape index (κ2) is 9.10. The van der Waals surface area contributed by atoms with Gasteiger partial charge in [-0.3, -0.25) is 15.0 Å². The van der Waals surface area contributed by atoms with Gasteiger partial charge >= 0.3 is 12.1 Å². The molecule has 2 fully saturated rings. The molecule has 0 spiro atoms. The average Bonchev–Trinajstić information content (AvgIpc) is 3.24. The number of hydrogen-bond donors (Lipinski definition) is 5. The smallest absolute Gasteiger partial charge is 0.426 e. The molecule has 3 aliphatic heterocycles. The summed E-state index contributed by atoms with van der Waals surface area (Å²) >= 11 is 0. The molecule has 1 aromatic carbocycles. The van der Waals surface area contributed by atoms with E-state index in [4.69, 9.17) is 9.47 Å². The molecule has 200 valence electrons. The summed E-state index contributed by atoms with van der Waals surface area (Å²) in [6.45, 7) is 1.84. The molecule has 3 amide bonds. The van der Waals surface area contributed by atoms with Crippen LogP contribution in [-0.4, -0.2) is 93.3 Å². The first-order chi connectivity index (χ1) is 17.3. The molecule has 0 bridgehead atoms. The summed E-state index contributed by atoms with van der Waals surface area (Å²) in [6, 6.07) is 1.80. The van der Waals surface area contributed by atoms with Crippen molar-refractivity contribution in [2.24, 2.45) is 4.99 Å². The summed E-state index contributed by atoms with van der Waals surface area (Å²) < 4.78 is 34.0. The van der Waals surface area contributed by atoms with Crippen molar-refractivity contribution in [3.05, 3.63) is 23.8 Å². The van der Waals surface area contributed by atoms with Crippen LogP contribution in [0.15, 0.2) is 23.2 Å². The Balaban J connectivity index is 1.32. The number of ether oxygens (including phenoxy) is 2. The molecular formula is C21H24N4O11S. The van der Waals surface area contributed by atoms with Gasteiger partial charge in [0.2, 0.25) is 17.7 Å². The molecule has 16 heteroatoms. The number of nitrogens with one attached hydrogen (secondary N) is 2. The molecule has 1 aromatic rings. The number of β-lactam (4-membered cyclic amide) rings is 1. The van der Waals surface area contributed by atoms with Crippen LogP contribution in [0.25, 0.3) is 0 Å². The standard InChI is InChI=1S/C21H24N4O11S/c1-9-11(22-18(36-9)10-4-3-5-12(26)16(10)29)6-13(27)23-24-20(32)35-8-21(2)17(19(30)31)25-14(28)7-15(25)37(21,33)34/h3-5,9,11,15,17,26,29H,6-8H2,1-2H3,(H,23,27)(H,24,32)(H,30,31)/t9-,11-,15-,17+,21+/m1/s1. The number of carbonyl (C=O) groups excluding carboxylic acids is 3. The summed E-state index contributed by atoms with van der Waals surface area (Å²) in [4.78, 5) is 52.9. The fourth-order valence-corrected chi connectivity index (χ4v) is 6.74. The van der Waals surface area contributed by atoms with Crippen molar-refractivity contribution in [3.8, 4) is 11.5 Å². The van der Waals surface area contributed by atoms with Crippen LogP contribution in [0.4, 0.5) is 4.79 Å². The number of aliphatic carboxylic acids is 1. The molecule has 2 saturated heterocycles. The van der Waals surface area contributed by atoms with Gasteiger partial charge in [0.05, 0.1) is 24.4 Å². The average molecular weight is 541 g/mol. The minimum Gasteiger partial charge on any atom is -0.504 e. The highest BCUT2D eigenvalue weighted by atomic mass is 32.2. The normalized spacial score (nSPS) is 29.4. The topological polar surface area (TPSA) is 221 Å². The first-order valence-electron chi connectivity index (χ1n) is 11.0. The molecule has 15 nitrogen and oxygen atoms in total. The van der Waals surface area contributed by atoms with Crippen molar-refractivity contribution in [2.45, 2.75) is 55.0 Å². The Labute approximate surface area is 209 Å². The quantitative estimate of drug-likeness (QED) is 0.167.